The summed E-state index contributed by atoms with van der Waals surface area (Å²) in [7, 11) is -0.832. The third-order valence-corrected chi connectivity index (χ3v) is 5.58. The molecule has 29 heavy (non-hydrogen) atoms. The molecule has 3 rings (SSSR count). The van der Waals surface area contributed by atoms with Gasteiger partial charge in [0.1, 0.15) is 11.3 Å². The molecule has 0 amide bonds. The molecule has 2 aromatic carbocycles. The maximum absolute atomic E-state index is 12.6. The summed E-state index contributed by atoms with van der Waals surface area (Å²) in [6, 6.07) is 13.7. The summed E-state index contributed by atoms with van der Waals surface area (Å²) in [5, 5.41) is 4.29. The van der Waals surface area contributed by atoms with E-state index in [4.69, 9.17) is 4.74 Å². The molecule has 1 unspecified atom stereocenters. The van der Waals surface area contributed by atoms with Gasteiger partial charge in [0.15, 0.2) is 5.78 Å². The smallest absolute Gasteiger partial charge is 0.166 e. The Morgan fingerprint density at radius 3 is 2.69 bits per heavy atom. The normalized spacial score (nSPS) is 12.0. The Morgan fingerprint density at radius 1 is 1.17 bits per heavy atom. The summed E-state index contributed by atoms with van der Waals surface area (Å²) >= 11 is 0. The van der Waals surface area contributed by atoms with Gasteiger partial charge in [-0.05, 0) is 31.0 Å². The highest BCUT2D eigenvalue weighted by Gasteiger charge is 2.17. The SMILES string of the molecule is CCC(=O)c1cnc2c(OCCCS(C)=O)cccc2c1Nc1ccccc1C. The van der Waals surface area contributed by atoms with Gasteiger partial charge in [-0.1, -0.05) is 37.3 Å². The van der Waals surface area contributed by atoms with Crippen molar-refractivity contribution >= 4 is 38.9 Å². The van der Waals surface area contributed by atoms with E-state index in [1.54, 1.807) is 12.5 Å². The lowest BCUT2D eigenvalue weighted by Crippen LogP contribution is -2.07. The first-order valence-corrected chi connectivity index (χ1v) is 11.4. The van der Waals surface area contributed by atoms with E-state index in [0.29, 0.717) is 42.0 Å². The van der Waals surface area contributed by atoms with E-state index >= 15 is 0 Å². The molecule has 0 saturated heterocycles. The molecule has 0 aliphatic carbocycles. The molecule has 5 nitrogen and oxygen atoms in total. The molecule has 1 atom stereocenters. The van der Waals surface area contributed by atoms with Crippen molar-refractivity contribution in [3.8, 4) is 5.75 Å². The van der Waals surface area contributed by atoms with E-state index in [1.165, 1.54) is 0 Å². The van der Waals surface area contributed by atoms with Crippen LogP contribution >= 0.6 is 0 Å². The first kappa shape index (κ1) is 21.0. The summed E-state index contributed by atoms with van der Waals surface area (Å²) in [5.74, 6) is 1.30. The number of hydrogen-bond acceptors (Lipinski definition) is 5. The fourth-order valence-electron chi connectivity index (χ4n) is 3.14. The predicted molar refractivity (Wildman–Crippen MR) is 120 cm³/mol. The van der Waals surface area contributed by atoms with Crippen LogP contribution in [0.25, 0.3) is 10.9 Å². The second-order valence-corrected chi connectivity index (χ2v) is 8.45. The Balaban J connectivity index is 2.03. The minimum absolute atomic E-state index is 0.0345. The number of ketones is 1. The number of para-hydroxylation sites is 2. The molecule has 152 valence electrons. The number of pyridine rings is 1. The second kappa shape index (κ2) is 9.65. The highest BCUT2D eigenvalue weighted by Crippen LogP contribution is 2.34. The van der Waals surface area contributed by atoms with Gasteiger partial charge in [-0.15, -0.1) is 0 Å². The van der Waals surface area contributed by atoms with E-state index < -0.39 is 10.8 Å². The number of benzene rings is 2. The molecule has 3 aromatic rings. The lowest BCUT2D eigenvalue weighted by molar-refractivity contribution is 0.0988. The van der Waals surface area contributed by atoms with Gasteiger partial charge in [-0.25, -0.2) is 0 Å². The van der Waals surface area contributed by atoms with Crippen LogP contribution in [-0.4, -0.2) is 33.6 Å². The number of ether oxygens (including phenoxy) is 1. The van der Waals surface area contributed by atoms with Crippen LogP contribution in [0.2, 0.25) is 0 Å². The highest BCUT2D eigenvalue weighted by molar-refractivity contribution is 7.84. The average molecular weight is 411 g/mol. The van der Waals surface area contributed by atoms with Gasteiger partial charge < -0.3 is 10.1 Å². The van der Waals surface area contributed by atoms with Crippen molar-refractivity contribution in [2.45, 2.75) is 26.7 Å². The number of rotatable bonds is 9. The fourth-order valence-corrected chi connectivity index (χ4v) is 3.67. The summed E-state index contributed by atoms with van der Waals surface area (Å²) in [6.07, 6.45) is 4.43. The van der Waals surface area contributed by atoms with Crippen LogP contribution in [0.15, 0.2) is 48.7 Å². The monoisotopic (exact) mass is 410 g/mol. The molecule has 0 radical (unpaired) electrons. The van der Waals surface area contributed by atoms with Crippen LogP contribution in [-0.2, 0) is 10.8 Å². The van der Waals surface area contributed by atoms with Crippen LogP contribution in [0.1, 0.15) is 35.7 Å². The molecule has 0 bridgehead atoms. The minimum atomic E-state index is -0.832. The van der Waals surface area contributed by atoms with Crippen molar-refractivity contribution in [2.75, 3.05) is 23.9 Å². The quantitative estimate of drug-likeness (QED) is 0.396. The van der Waals surface area contributed by atoms with Crippen LogP contribution in [0, 0.1) is 6.92 Å². The molecule has 0 fully saturated rings. The van der Waals surface area contributed by atoms with Gasteiger partial charge >= 0.3 is 0 Å². The van der Waals surface area contributed by atoms with Crippen molar-refractivity contribution in [2.24, 2.45) is 0 Å². The second-order valence-electron chi connectivity index (χ2n) is 6.90. The molecule has 0 saturated carbocycles. The molecule has 0 aliphatic rings. The first-order chi connectivity index (χ1) is 14.0. The van der Waals surface area contributed by atoms with Gasteiger partial charge in [0.25, 0.3) is 0 Å². The zero-order chi connectivity index (χ0) is 20.8. The van der Waals surface area contributed by atoms with Gasteiger partial charge in [0.2, 0.25) is 0 Å². The number of fused-ring (bicyclic) bond motifs is 1. The van der Waals surface area contributed by atoms with Gasteiger partial charge in [0.05, 0.1) is 17.9 Å². The van der Waals surface area contributed by atoms with E-state index in [9.17, 15) is 9.00 Å². The number of carbonyl (C=O) groups excluding carboxylic acids is 1. The van der Waals surface area contributed by atoms with E-state index in [0.717, 1.165) is 22.3 Å². The van der Waals surface area contributed by atoms with Crippen molar-refractivity contribution < 1.29 is 13.7 Å². The van der Waals surface area contributed by atoms with Crippen LogP contribution in [0.3, 0.4) is 0 Å². The Morgan fingerprint density at radius 2 is 1.97 bits per heavy atom. The number of aromatic nitrogens is 1. The predicted octanol–water partition coefficient (Wildman–Crippen LogP) is 5.03. The molecule has 1 heterocycles. The lowest BCUT2D eigenvalue weighted by atomic mass is 10.0. The number of nitrogens with zero attached hydrogens (tertiary/aromatic N) is 1. The van der Waals surface area contributed by atoms with E-state index in [2.05, 4.69) is 10.3 Å². The lowest BCUT2D eigenvalue weighted by Gasteiger charge is -2.17. The van der Waals surface area contributed by atoms with E-state index in [1.807, 2.05) is 56.3 Å². The Kier molecular flexibility index (Phi) is 6.99. The van der Waals surface area contributed by atoms with Crippen molar-refractivity contribution in [1.29, 1.82) is 0 Å². The number of carbonyl (C=O) groups is 1. The number of aryl methyl sites for hydroxylation is 1. The minimum Gasteiger partial charge on any atom is -0.491 e. The van der Waals surface area contributed by atoms with Crippen LogP contribution in [0.4, 0.5) is 11.4 Å². The zero-order valence-electron chi connectivity index (χ0n) is 17.0. The maximum atomic E-state index is 12.6. The Hall–Kier alpha value is -2.73. The van der Waals surface area contributed by atoms with Crippen LogP contribution < -0.4 is 10.1 Å². The Labute approximate surface area is 174 Å². The number of hydrogen-bond donors (Lipinski definition) is 1. The van der Waals surface area contributed by atoms with Crippen molar-refractivity contribution in [3.05, 3.63) is 59.8 Å². The molecule has 1 N–H and O–H groups in total. The highest BCUT2D eigenvalue weighted by atomic mass is 32.2. The molecule has 1 aromatic heterocycles. The summed E-state index contributed by atoms with van der Waals surface area (Å²) in [5.41, 5.74) is 4.06. The largest absolute Gasteiger partial charge is 0.491 e. The number of nitrogens with one attached hydrogen (secondary N) is 1. The molecule has 6 heteroatoms. The number of Topliss-reactive ketones (excluding diaryl/α,β-unsaturated/α-hetero) is 1. The topological polar surface area (TPSA) is 68.3 Å². The van der Waals surface area contributed by atoms with E-state index in [-0.39, 0.29) is 5.78 Å². The molecule has 0 spiro atoms. The zero-order valence-corrected chi connectivity index (χ0v) is 17.8. The van der Waals surface area contributed by atoms with Gasteiger partial charge in [-0.3, -0.25) is 14.0 Å². The molecular formula is C23H26N2O3S. The molecule has 0 aliphatic heterocycles. The van der Waals surface area contributed by atoms with Crippen molar-refractivity contribution in [3.63, 3.8) is 0 Å². The third-order valence-electron chi connectivity index (χ3n) is 4.72. The third kappa shape index (κ3) is 5.01. The summed E-state index contributed by atoms with van der Waals surface area (Å²) < 4.78 is 17.2. The first-order valence-electron chi connectivity index (χ1n) is 9.71. The summed E-state index contributed by atoms with van der Waals surface area (Å²) in [6.45, 7) is 4.34. The molecular weight excluding hydrogens is 384 g/mol. The average Bonchev–Trinajstić information content (AvgIpc) is 2.72. The summed E-state index contributed by atoms with van der Waals surface area (Å²) in [4.78, 5) is 17.1. The Bertz CT molecular complexity index is 1050. The maximum Gasteiger partial charge on any atom is 0.166 e. The van der Waals surface area contributed by atoms with Gasteiger partial charge in [-0.2, -0.15) is 0 Å². The fraction of sp³-hybridized carbons (Fsp3) is 0.304. The number of anilines is 2. The van der Waals surface area contributed by atoms with Crippen molar-refractivity contribution in [1.82, 2.24) is 4.98 Å². The van der Waals surface area contributed by atoms with Gasteiger partial charge in [0, 0.05) is 46.5 Å². The standard InChI is InChI=1S/C23H26N2O3S/c1-4-20(26)18-15-24-23-17(22(18)25-19-11-6-5-9-16(19)2)10-7-12-21(23)28-13-8-14-29(3)27/h5-7,9-12,15H,4,8,13-14H2,1-3H3,(H,24,25). The van der Waals surface area contributed by atoms with Crippen LogP contribution in [0.5, 0.6) is 5.75 Å².